The number of nitro benzene ring substituents is 1. The van der Waals surface area contributed by atoms with Crippen molar-refractivity contribution in [3.63, 3.8) is 0 Å². The van der Waals surface area contributed by atoms with Crippen molar-refractivity contribution in [2.45, 2.75) is 6.92 Å². The fourth-order valence-corrected chi connectivity index (χ4v) is 1.81. The first kappa shape index (κ1) is 11.7. The zero-order valence-electron chi connectivity index (χ0n) is 8.58. The molecule has 2 aromatic rings. The van der Waals surface area contributed by atoms with E-state index in [1.54, 1.807) is 6.92 Å². The third-order valence-corrected chi connectivity index (χ3v) is 2.86. The average Bonchev–Trinajstić information content (AvgIpc) is 2.67. The fourth-order valence-electron chi connectivity index (χ4n) is 1.20. The number of aryl methyl sites for hydroxylation is 1. The predicted molar refractivity (Wildman–Crippen MR) is 62.8 cm³/mol. The lowest BCUT2D eigenvalue weighted by Crippen LogP contribution is -1.92. The van der Waals surface area contributed by atoms with E-state index in [0.29, 0.717) is 11.3 Å². The quantitative estimate of drug-likeness (QED) is 0.633. The van der Waals surface area contributed by atoms with Gasteiger partial charge in [0.25, 0.3) is 11.6 Å². The first-order chi connectivity index (χ1) is 8.08. The van der Waals surface area contributed by atoms with Gasteiger partial charge in [-0.2, -0.15) is 4.37 Å². The molecule has 0 aliphatic heterocycles. The Morgan fingerprint density at radius 3 is 2.76 bits per heavy atom. The summed E-state index contributed by atoms with van der Waals surface area (Å²) < 4.78 is 13.0. The highest BCUT2D eigenvalue weighted by atomic mass is 35.5. The monoisotopic (exact) mass is 271 g/mol. The highest BCUT2D eigenvalue weighted by Crippen LogP contribution is 2.30. The topological polar surface area (TPSA) is 78.2 Å². The van der Waals surface area contributed by atoms with E-state index >= 15 is 0 Å². The van der Waals surface area contributed by atoms with Crippen LogP contribution in [0, 0.1) is 17.0 Å². The summed E-state index contributed by atoms with van der Waals surface area (Å²) >= 11 is 6.66. The van der Waals surface area contributed by atoms with Gasteiger partial charge in [-0.05, 0) is 18.6 Å². The minimum Gasteiger partial charge on any atom is -0.435 e. The smallest absolute Gasteiger partial charge is 0.270 e. The maximum atomic E-state index is 10.6. The van der Waals surface area contributed by atoms with E-state index in [2.05, 4.69) is 8.75 Å². The van der Waals surface area contributed by atoms with Gasteiger partial charge in [0.2, 0.25) is 5.15 Å². The molecule has 0 bridgehead atoms. The summed E-state index contributed by atoms with van der Waals surface area (Å²) in [6.07, 6.45) is 0. The number of rotatable bonds is 3. The highest BCUT2D eigenvalue weighted by molar-refractivity contribution is 6.99. The molecule has 88 valence electrons. The maximum Gasteiger partial charge on any atom is 0.270 e. The van der Waals surface area contributed by atoms with E-state index in [1.165, 1.54) is 18.2 Å². The molecule has 1 heterocycles. The zero-order valence-corrected chi connectivity index (χ0v) is 10.2. The SMILES string of the molecule is Cc1cc([N+](=O)[O-])ccc1Oc1nsnc1Cl. The van der Waals surface area contributed by atoms with Crippen molar-refractivity contribution in [3.05, 3.63) is 39.0 Å². The molecule has 1 aromatic carbocycles. The third-order valence-electron chi connectivity index (χ3n) is 2.00. The maximum absolute atomic E-state index is 10.6. The van der Waals surface area contributed by atoms with Crippen molar-refractivity contribution in [2.75, 3.05) is 0 Å². The first-order valence-electron chi connectivity index (χ1n) is 4.49. The minimum absolute atomic E-state index is 0.0114. The van der Waals surface area contributed by atoms with Crippen LogP contribution in [0.5, 0.6) is 11.6 Å². The molecule has 0 aliphatic carbocycles. The standard InChI is InChI=1S/C9H6ClN3O3S/c1-5-4-6(13(14)15)2-3-7(5)16-9-8(10)11-17-12-9/h2-4H,1H3. The second-order valence-electron chi connectivity index (χ2n) is 3.17. The normalized spacial score (nSPS) is 10.2. The van der Waals surface area contributed by atoms with Gasteiger partial charge in [0.1, 0.15) is 5.75 Å². The van der Waals surface area contributed by atoms with Gasteiger partial charge in [-0.3, -0.25) is 10.1 Å². The number of aromatic nitrogens is 2. The zero-order chi connectivity index (χ0) is 12.4. The van der Waals surface area contributed by atoms with E-state index in [1.807, 2.05) is 0 Å². The van der Waals surface area contributed by atoms with Crippen LogP contribution in [0.25, 0.3) is 0 Å². The first-order valence-corrected chi connectivity index (χ1v) is 5.59. The predicted octanol–water partition coefficient (Wildman–Crippen LogP) is 3.20. The Kier molecular flexibility index (Phi) is 3.21. The van der Waals surface area contributed by atoms with Gasteiger partial charge in [-0.15, -0.1) is 4.37 Å². The molecular weight excluding hydrogens is 266 g/mol. The van der Waals surface area contributed by atoms with Crippen molar-refractivity contribution in [1.29, 1.82) is 0 Å². The Balaban J connectivity index is 2.29. The second kappa shape index (κ2) is 4.64. The van der Waals surface area contributed by atoms with Crippen molar-refractivity contribution in [3.8, 4) is 11.6 Å². The van der Waals surface area contributed by atoms with E-state index in [9.17, 15) is 10.1 Å². The van der Waals surface area contributed by atoms with Crippen LogP contribution in [0.4, 0.5) is 5.69 Å². The molecule has 6 nitrogen and oxygen atoms in total. The van der Waals surface area contributed by atoms with Crippen LogP contribution in [0.3, 0.4) is 0 Å². The molecule has 8 heteroatoms. The van der Waals surface area contributed by atoms with Crippen LogP contribution in [-0.4, -0.2) is 13.7 Å². The summed E-state index contributed by atoms with van der Waals surface area (Å²) in [5, 5.41) is 10.7. The number of hydrogen-bond donors (Lipinski definition) is 0. The van der Waals surface area contributed by atoms with Gasteiger partial charge in [0.15, 0.2) is 0 Å². The Labute approximate surface area is 105 Å². The summed E-state index contributed by atoms with van der Waals surface area (Å²) in [6, 6.07) is 4.28. The second-order valence-corrected chi connectivity index (χ2v) is 4.06. The van der Waals surface area contributed by atoms with Gasteiger partial charge < -0.3 is 4.74 Å². The van der Waals surface area contributed by atoms with Crippen LogP contribution in [0.2, 0.25) is 5.15 Å². The van der Waals surface area contributed by atoms with E-state index < -0.39 is 4.92 Å². The number of nitro groups is 1. The van der Waals surface area contributed by atoms with Crippen LogP contribution in [-0.2, 0) is 0 Å². The van der Waals surface area contributed by atoms with Crippen molar-refractivity contribution < 1.29 is 9.66 Å². The fraction of sp³-hybridized carbons (Fsp3) is 0.111. The molecule has 1 aromatic heterocycles. The molecule has 2 rings (SSSR count). The molecule has 17 heavy (non-hydrogen) atoms. The van der Waals surface area contributed by atoms with Gasteiger partial charge in [-0.1, -0.05) is 11.6 Å². The number of non-ortho nitro benzene ring substituents is 1. The van der Waals surface area contributed by atoms with Crippen LogP contribution in [0.15, 0.2) is 18.2 Å². The lowest BCUT2D eigenvalue weighted by atomic mass is 10.2. The molecule has 0 amide bonds. The molecule has 0 aliphatic rings. The molecule has 0 fully saturated rings. The summed E-state index contributed by atoms with van der Waals surface area (Å²) in [6.45, 7) is 1.70. The average molecular weight is 272 g/mol. The third kappa shape index (κ3) is 2.51. The Bertz CT molecular complexity index is 572. The van der Waals surface area contributed by atoms with Crippen molar-refractivity contribution >= 4 is 29.0 Å². The lowest BCUT2D eigenvalue weighted by molar-refractivity contribution is -0.384. The Morgan fingerprint density at radius 1 is 1.47 bits per heavy atom. The number of ether oxygens (including phenoxy) is 1. The highest BCUT2D eigenvalue weighted by Gasteiger charge is 2.12. The Hall–Kier alpha value is -1.73. The Morgan fingerprint density at radius 2 is 2.24 bits per heavy atom. The lowest BCUT2D eigenvalue weighted by Gasteiger charge is -2.05. The summed E-state index contributed by atoms with van der Waals surface area (Å²) in [7, 11) is 0. The van der Waals surface area contributed by atoms with E-state index in [0.717, 1.165) is 11.7 Å². The van der Waals surface area contributed by atoms with Crippen molar-refractivity contribution in [1.82, 2.24) is 8.75 Å². The van der Waals surface area contributed by atoms with E-state index in [4.69, 9.17) is 16.3 Å². The molecule has 0 N–H and O–H groups in total. The largest absolute Gasteiger partial charge is 0.435 e. The number of hydrogen-bond acceptors (Lipinski definition) is 6. The van der Waals surface area contributed by atoms with Crippen LogP contribution >= 0.6 is 23.3 Å². The summed E-state index contributed by atoms with van der Waals surface area (Å²) in [4.78, 5) is 10.1. The number of benzene rings is 1. The molecule has 0 saturated heterocycles. The van der Waals surface area contributed by atoms with Crippen LogP contribution in [0.1, 0.15) is 5.56 Å². The number of halogens is 1. The summed E-state index contributed by atoms with van der Waals surface area (Å²) in [5.41, 5.74) is 0.639. The van der Waals surface area contributed by atoms with Crippen LogP contribution < -0.4 is 4.74 Å². The molecule has 0 unspecified atom stereocenters. The molecule has 0 spiro atoms. The molecular formula is C9H6ClN3O3S. The van der Waals surface area contributed by atoms with Gasteiger partial charge in [0, 0.05) is 12.1 Å². The molecule has 0 saturated carbocycles. The van der Waals surface area contributed by atoms with Gasteiger partial charge >= 0.3 is 0 Å². The molecule has 0 radical (unpaired) electrons. The van der Waals surface area contributed by atoms with E-state index in [-0.39, 0.29) is 16.7 Å². The van der Waals surface area contributed by atoms with Crippen molar-refractivity contribution in [2.24, 2.45) is 0 Å². The van der Waals surface area contributed by atoms with Gasteiger partial charge in [-0.25, -0.2) is 0 Å². The summed E-state index contributed by atoms with van der Waals surface area (Å²) in [5.74, 6) is 0.666. The van der Waals surface area contributed by atoms with Gasteiger partial charge in [0.05, 0.1) is 16.7 Å². The number of nitrogens with zero attached hydrogens (tertiary/aromatic N) is 3. The minimum atomic E-state index is -0.464. The molecule has 0 atom stereocenters.